The summed E-state index contributed by atoms with van der Waals surface area (Å²) < 4.78 is 0. The highest BCUT2D eigenvalue weighted by Gasteiger charge is 2.51. The number of hydrogen-bond donors (Lipinski definition) is 0. The van der Waals surface area contributed by atoms with Gasteiger partial charge in [0.15, 0.2) is 0 Å². The third-order valence-corrected chi connectivity index (χ3v) is 5.40. The Bertz CT molecular complexity index is 274. The van der Waals surface area contributed by atoms with Gasteiger partial charge in [0.1, 0.15) is 0 Å². The van der Waals surface area contributed by atoms with Crippen molar-refractivity contribution in [3.05, 3.63) is 0 Å². The van der Waals surface area contributed by atoms with Gasteiger partial charge in [-0.15, -0.1) is 0 Å². The van der Waals surface area contributed by atoms with Gasteiger partial charge in [0.2, 0.25) is 0 Å². The Morgan fingerprint density at radius 1 is 1.06 bits per heavy atom. The van der Waals surface area contributed by atoms with Gasteiger partial charge in [-0.2, -0.15) is 0 Å². The highest BCUT2D eigenvalue weighted by atomic mass is 15.3. The Balaban J connectivity index is 2.28. The van der Waals surface area contributed by atoms with Gasteiger partial charge < -0.3 is 0 Å². The number of nitrogens with zero attached hydrogens (tertiary/aromatic N) is 1. The number of rotatable bonds is 2. The lowest BCUT2D eigenvalue weighted by Gasteiger charge is -2.47. The summed E-state index contributed by atoms with van der Waals surface area (Å²) in [6, 6.07) is 1.67. The van der Waals surface area contributed by atoms with Crippen molar-refractivity contribution in [1.29, 1.82) is 0 Å². The van der Waals surface area contributed by atoms with Crippen LogP contribution in [0, 0.1) is 11.3 Å². The van der Waals surface area contributed by atoms with Crippen molar-refractivity contribution in [2.24, 2.45) is 11.3 Å². The van der Waals surface area contributed by atoms with E-state index in [4.69, 9.17) is 0 Å². The summed E-state index contributed by atoms with van der Waals surface area (Å²) in [6.07, 6.45) is 7.09. The van der Waals surface area contributed by atoms with Crippen LogP contribution in [-0.4, -0.2) is 22.5 Å². The molecule has 0 bridgehead atoms. The van der Waals surface area contributed by atoms with E-state index in [1.54, 1.807) is 0 Å². The van der Waals surface area contributed by atoms with Crippen molar-refractivity contribution < 1.29 is 0 Å². The average molecular weight is 237 g/mol. The molecule has 1 aliphatic carbocycles. The molecule has 0 aromatic rings. The van der Waals surface area contributed by atoms with Crippen molar-refractivity contribution >= 4 is 0 Å². The summed E-state index contributed by atoms with van der Waals surface area (Å²) in [5, 5.41) is 0. The predicted molar refractivity (Wildman–Crippen MR) is 75.2 cm³/mol. The first-order valence-electron chi connectivity index (χ1n) is 7.56. The fraction of sp³-hybridized carbons (Fsp3) is 1.00. The molecule has 1 saturated heterocycles. The van der Waals surface area contributed by atoms with E-state index in [2.05, 4.69) is 46.4 Å². The van der Waals surface area contributed by atoms with Crippen molar-refractivity contribution in [2.45, 2.75) is 91.3 Å². The maximum absolute atomic E-state index is 2.91. The Hall–Kier alpha value is -0.0400. The van der Waals surface area contributed by atoms with Crippen LogP contribution in [-0.2, 0) is 0 Å². The van der Waals surface area contributed by atoms with Gasteiger partial charge in [0, 0.05) is 17.6 Å². The highest BCUT2D eigenvalue weighted by molar-refractivity contribution is 5.05. The molecule has 0 radical (unpaired) electrons. The van der Waals surface area contributed by atoms with E-state index in [0.717, 1.165) is 18.0 Å². The lowest BCUT2D eigenvalue weighted by Crippen LogP contribution is -2.54. The van der Waals surface area contributed by atoms with Crippen LogP contribution in [0.1, 0.15) is 73.6 Å². The molecule has 0 spiro atoms. The second-order valence-electron chi connectivity index (χ2n) is 7.95. The topological polar surface area (TPSA) is 3.24 Å². The normalized spacial score (nSPS) is 35.3. The lowest BCUT2D eigenvalue weighted by atomic mass is 9.81. The van der Waals surface area contributed by atoms with Gasteiger partial charge in [-0.25, -0.2) is 0 Å². The summed E-state index contributed by atoms with van der Waals surface area (Å²) in [7, 11) is 0. The Morgan fingerprint density at radius 3 is 2.24 bits per heavy atom. The zero-order chi connectivity index (χ0) is 12.8. The molecule has 0 amide bonds. The van der Waals surface area contributed by atoms with Gasteiger partial charge in [0.05, 0.1) is 0 Å². The zero-order valence-corrected chi connectivity index (χ0v) is 12.7. The first kappa shape index (κ1) is 13.4. The van der Waals surface area contributed by atoms with Crippen LogP contribution in [0.25, 0.3) is 0 Å². The minimum absolute atomic E-state index is 0.377. The molecule has 2 rings (SSSR count). The molecule has 1 nitrogen and oxygen atoms in total. The molecule has 0 aromatic heterocycles. The molecule has 17 heavy (non-hydrogen) atoms. The maximum atomic E-state index is 2.91. The zero-order valence-electron chi connectivity index (χ0n) is 12.7. The van der Waals surface area contributed by atoms with Gasteiger partial charge in [-0.05, 0) is 50.9 Å². The van der Waals surface area contributed by atoms with E-state index in [1.165, 1.54) is 32.1 Å². The van der Waals surface area contributed by atoms with Gasteiger partial charge in [-0.3, -0.25) is 4.90 Å². The molecule has 3 unspecified atom stereocenters. The predicted octanol–water partition coefficient (Wildman–Crippen LogP) is 4.46. The van der Waals surface area contributed by atoms with Crippen LogP contribution < -0.4 is 0 Å². The monoisotopic (exact) mass is 237 g/mol. The average Bonchev–Trinajstić information content (AvgIpc) is 2.73. The van der Waals surface area contributed by atoms with Crippen LogP contribution in [0.15, 0.2) is 0 Å². The summed E-state index contributed by atoms with van der Waals surface area (Å²) in [5.74, 6) is 0.991. The maximum Gasteiger partial charge on any atom is 0.0156 e. The first-order valence-corrected chi connectivity index (χ1v) is 7.56. The quantitative estimate of drug-likeness (QED) is 0.685. The lowest BCUT2D eigenvalue weighted by molar-refractivity contribution is 0.0115. The molecule has 0 N–H and O–H groups in total. The van der Waals surface area contributed by atoms with Crippen LogP contribution in [0.3, 0.4) is 0 Å². The summed E-state index contributed by atoms with van der Waals surface area (Å²) in [4.78, 5) is 2.91. The highest BCUT2D eigenvalue weighted by Crippen LogP contribution is 2.49. The molecule has 1 saturated carbocycles. The van der Waals surface area contributed by atoms with E-state index < -0.39 is 0 Å². The van der Waals surface area contributed by atoms with Gasteiger partial charge in [-0.1, -0.05) is 34.1 Å². The molecule has 1 heteroatoms. The standard InChI is InChI=1S/C16H31N/c1-7-16(5,6)17-13-10-8-9-12(13)11-14(17)15(2,3)4/h12-14H,7-11H2,1-6H3. The second kappa shape index (κ2) is 4.26. The molecule has 100 valence electrons. The van der Waals surface area contributed by atoms with Crippen LogP contribution in [0.2, 0.25) is 0 Å². The Morgan fingerprint density at radius 2 is 1.71 bits per heavy atom. The largest absolute Gasteiger partial charge is 0.292 e. The second-order valence-corrected chi connectivity index (χ2v) is 7.95. The number of hydrogen-bond acceptors (Lipinski definition) is 1. The van der Waals surface area contributed by atoms with E-state index in [1.807, 2.05) is 0 Å². The van der Waals surface area contributed by atoms with Crippen LogP contribution in [0.4, 0.5) is 0 Å². The number of likely N-dealkylation sites (tertiary alicyclic amines) is 1. The molecule has 0 aromatic carbocycles. The van der Waals surface area contributed by atoms with Gasteiger partial charge in [0.25, 0.3) is 0 Å². The van der Waals surface area contributed by atoms with E-state index in [0.29, 0.717) is 11.0 Å². The minimum atomic E-state index is 0.377. The fourth-order valence-corrected chi connectivity index (χ4v) is 4.11. The number of fused-ring (bicyclic) bond motifs is 1. The van der Waals surface area contributed by atoms with E-state index in [9.17, 15) is 0 Å². The third kappa shape index (κ3) is 2.28. The van der Waals surface area contributed by atoms with Gasteiger partial charge >= 0.3 is 0 Å². The molecule has 2 aliphatic rings. The van der Waals surface area contributed by atoms with Crippen molar-refractivity contribution in [1.82, 2.24) is 4.90 Å². The molecular weight excluding hydrogens is 206 g/mol. The summed E-state index contributed by atoms with van der Waals surface area (Å²) in [5.41, 5.74) is 0.804. The SMILES string of the molecule is CCC(C)(C)N1C2CCCC2CC1C(C)(C)C. The molecule has 3 atom stereocenters. The molecule has 2 fully saturated rings. The smallest absolute Gasteiger partial charge is 0.0156 e. The van der Waals surface area contributed by atoms with E-state index >= 15 is 0 Å². The molecule has 1 heterocycles. The fourth-order valence-electron chi connectivity index (χ4n) is 4.11. The van der Waals surface area contributed by atoms with Crippen LogP contribution >= 0.6 is 0 Å². The van der Waals surface area contributed by atoms with Crippen molar-refractivity contribution in [2.75, 3.05) is 0 Å². The Labute approximate surface area is 108 Å². The van der Waals surface area contributed by atoms with Crippen LogP contribution in [0.5, 0.6) is 0 Å². The Kier molecular flexibility index (Phi) is 3.36. The first-order chi connectivity index (χ1) is 7.77. The van der Waals surface area contributed by atoms with Crippen molar-refractivity contribution in [3.8, 4) is 0 Å². The third-order valence-electron chi connectivity index (χ3n) is 5.40. The molecule has 1 aliphatic heterocycles. The van der Waals surface area contributed by atoms with E-state index in [-0.39, 0.29) is 0 Å². The summed E-state index contributed by atoms with van der Waals surface area (Å²) >= 11 is 0. The van der Waals surface area contributed by atoms with Crippen molar-refractivity contribution in [3.63, 3.8) is 0 Å². The summed E-state index contributed by atoms with van der Waals surface area (Å²) in [6.45, 7) is 14.5. The minimum Gasteiger partial charge on any atom is -0.292 e. The molecular formula is C16H31N.